The molecule has 0 spiro atoms. The number of nitro benzene ring substituents is 1. The van der Waals surface area contributed by atoms with Crippen LogP contribution in [0, 0.1) is 10.1 Å². The van der Waals surface area contributed by atoms with E-state index in [4.69, 9.17) is 10.8 Å². The van der Waals surface area contributed by atoms with Crippen molar-refractivity contribution in [1.82, 2.24) is 0 Å². The van der Waals surface area contributed by atoms with Crippen molar-refractivity contribution < 1.29 is 19.6 Å². The zero-order valence-electron chi connectivity index (χ0n) is 11.6. The van der Waals surface area contributed by atoms with Gasteiger partial charge in [-0.3, -0.25) is 14.9 Å². The maximum absolute atomic E-state index is 11.1. The molecule has 3 N–H and O–H groups in total. The summed E-state index contributed by atoms with van der Waals surface area (Å²) in [6.45, 7) is 2.11. The van der Waals surface area contributed by atoms with Crippen molar-refractivity contribution in [3.05, 3.63) is 33.9 Å². The van der Waals surface area contributed by atoms with Gasteiger partial charge in [0.25, 0.3) is 5.69 Å². The highest BCUT2D eigenvalue weighted by atomic mass is 16.6. The number of anilines is 1. The number of rotatable bonds is 8. The number of nitrogens with zero attached hydrogens (tertiary/aromatic N) is 2. The van der Waals surface area contributed by atoms with Gasteiger partial charge in [-0.1, -0.05) is 13.3 Å². The van der Waals surface area contributed by atoms with Crippen LogP contribution in [0.3, 0.4) is 0 Å². The smallest absolute Gasteiger partial charge is 0.335 e. The lowest BCUT2D eigenvalue weighted by Gasteiger charge is -2.23. The predicted octanol–water partition coefficient (Wildman–Crippen LogP) is 1.38. The molecule has 0 heterocycles. The van der Waals surface area contributed by atoms with Crippen LogP contribution >= 0.6 is 0 Å². The molecule has 1 amide bonds. The number of carboxylic acids is 1. The number of hydrogen-bond donors (Lipinski definition) is 2. The van der Waals surface area contributed by atoms with Gasteiger partial charge in [0.2, 0.25) is 5.91 Å². The normalized spacial score (nSPS) is 10.1. The van der Waals surface area contributed by atoms with E-state index in [9.17, 15) is 19.7 Å². The first-order valence-corrected chi connectivity index (χ1v) is 6.41. The van der Waals surface area contributed by atoms with E-state index in [-0.39, 0.29) is 23.5 Å². The fourth-order valence-corrected chi connectivity index (χ4v) is 1.89. The lowest BCUT2D eigenvalue weighted by molar-refractivity contribution is -0.384. The molecular formula is C13H17N3O5. The molecule has 0 radical (unpaired) electrons. The Morgan fingerprint density at radius 1 is 1.43 bits per heavy atom. The van der Waals surface area contributed by atoms with Crippen LogP contribution in [0.25, 0.3) is 0 Å². The van der Waals surface area contributed by atoms with Gasteiger partial charge in [0.15, 0.2) is 0 Å². The highest BCUT2D eigenvalue weighted by Crippen LogP contribution is 2.29. The minimum atomic E-state index is -1.19. The van der Waals surface area contributed by atoms with Crippen LogP contribution in [-0.2, 0) is 4.79 Å². The number of aromatic carboxylic acids is 1. The lowest BCUT2D eigenvalue weighted by Crippen LogP contribution is -2.35. The molecule has 0 unspecified atom stereocenters. The van der Waals surface area contributed by atoms with Gasteiger partial charge < -0.3 is 15.7 Å². The maximum Gasteiger partial charge on any atom is 0.335 e. The number of amides is 1. The van der Waals surface area contributed by atoms with Crippen LogP contribution in [-0.4, -0.2) is 35.0 Å². The van der Waals surface area contributed by atoms with E-state index in [1.165, 1.54) is 11.0 Å². The maximum atomic E-state index is 11.1. The van der Waals surface area contributed by atoms with E-state index in [2.05, 4.69) is 0 Å². The summed E-state index contributed by atoms with van der Waals surface area (Å²) in [7, 11) is 0. The number of carbonyl (C=O) groups is 2. The van der Waals surface area contributed by atoms with Crippen LogP contribution in [0.15, 0.2) is 18.2 Å². The first kappa shape index (κ1) is 16.4. The Bertz CT molecular complexity index is 559. The Labute approximate surface area is 121 Å². The van der Waals surface area contributed by atoms with Gasteiger partial charge in [-0.2, -0.15) is 0 Å². The fraction of sp³-hybridized carbons (Fsp3) is 0.385. The van der Waals surface area contributed by atoms with Crippen molar-refractivity contribution >= 4 is 23.3 Å². The number of primary amides is 1. The average Bonchev–Trinajstić information content (AvgIpc) is 2.42. The number of carbonyl (C=O) groups excluding carboxylic acids is 1. The van der Waals surface area contributed by atoms with Gasteiger partial charge in [0.1, 0.15) is 5.69 Å². The Morgan fingerprint density at radius 2 is 2.10 bits per heavy atom. The second kappa shape index (κ2) is 7.22. The van der Waals surface area contributed by atoms with Gasteiger partial charge in [-0.05, 0) is 18.6 Å². The molecule has 1 aromatic carbocycles. The Morgan fingerprint density at radius 3 is 2.57 bits per heavy atom. The minimum Gasteiger partial charge on any atom is -0.478 e. The second-order valence-corrected chi connectivity index (χ2v) is 4.51. The zero-order chi connectivity index (χ0) is 16.0. The number of nitro groups is 1. The quantitative estimate of drug-likeness (QED) is 0.551. The van der Waals surface area contributed by atoms with Gasteiger partial charge in [0.05, 0.1) is 17.0 Å². The summed E-state index contributed by atoms with van der Waals surface area (Å²) < 4.78 is 0. The Kier molecular flexibility index (Phi) is 5.65. The van der Waals surface area contributed by atoms with E-state index in [0.29, 0.717) is 13.0 Å². The van der Waals surface area contributed by atoms with Crippen LogP contribution in [0.2, 0.25) is 0 Å². The number of unbranched alkanes of at least 4 members (excludes halogenated alkanes) is 1. The Balaban J connectivity index is 3.29. The average molecular weight is 295 g/mol. The third kappa shape index (κ3) is 4.44. The summed E-state index contributed by atoms with van der Waals surface area (Å²) in [5.41, 5.74) is 4.92. The van der Waals surface area contributed by atoms with Crippen LogP contribution in [0.1, 0.15) is 30.1 Å². The predicted molar refractivity (Wildman–Crippen MR) is 76.4 cm³/mol. The molecule has 1 aromatic rings. The van der Waals surface area contributed by atoms with Crippen molar-refractivity contribution in [2.45, 2.75) is 19.8 Å². The third-order valence-electron chi connectivity index (χ3n) is 2.89. The van der Waals surface area contributed by atoms with Crippen LogP contribution < -0.4 is 10.6 Å². The van der Waals surface area contributed by atoms with Crippen molar-refractivity contribution in [2.24, 2.45) is 5.73 Å². The molecule has 1 rings (SSSR count). The van der Waals surface area contributed by atoms with Crippen molar-refractivity contribution in [3.8, 4) is 0 Å². The molecule has 0 bridgehead atoms. The second-order valence-electron chi connectivity index (χ2n) is 4.51. The number of benzene rings is 1. The third-order valence-corrected chi connectivity index (χ3v) is 2.89. The van der Waals surface area contributed by atoms with Crippen molar-refractivity contribution in [2.75, 3.05) is 18.0 Å². The molecule has 0 aliphatic heterocycles. The van der Waals surface area contributed by atoms with Crippen LogP contribution in [0.4, 0.5) is 11.4 Å². The molecule has 8 heteroatoms. The molecule has 0 saturated heterocycles. The number of carboxylic acid groups (broad SMARTS) is 1. The van der Waals surface area contributed by atoms with E-state index in [1.54, 1.807) is 0 Å². The summed E-state index contributed by atoms with van der Waals surface area (Å²) in [5.74, 6) is -1.83. The molecule has 0 aliphatic rings. The first-order chi connectivity index (χ1) is 9.86. The molecular weight excluding hydrogens is 278 g/mol. The highest BCUT2D eigenvalue weighted by molar-refractivity contribution is 5.91. The lowest BCUT2D eigenvalue weighted by atomic mass is 10.1. The van der Waals surface area contributed by atoms with E-state index in [1.807, 2.05) is 6.92 Å². The van der Waals surface area contributed by atoms with Crippen molar-refractivity contribution in [1.29, 1.82) is 0 Å². The topological polar surface area (TPSA) is 127 Å². The summed E-state index contributed by atoms with van der Waals surface area (Å²) >= 11 is 0. The molecule has 8 nitrogen and oxygen atoms in total. The SMILES string of the molecule is CCCCN(CC(N)=O)c1cc(C(=O)O)ccc1[N+](=O)[O-]. The monoisotopic (exact) mass is 295 g/mol. The molecule has 114 valence electrons. The molecule has 0 aliphatic carbocycles. The van der Waals surface area contributed by atoms with Crippen LogP contribution in [0.5, 0.6) is 0 Å². The van der Waals surface area contributed by atoms with E-state index < -0.39 is 16.8 Å². The molecule has 0 saturated carbocycles. The van der Waals surface area contributed by atoms with E-state index in [0.717, 1.165) is 18.6 Å². The summed E-state index contributed by atoms with van der Waals surface area (Å²) in [5, 5.41) is 20.1. The van der Waals surface area contributed by atoms with Crippen molar-refractivity contribution in [3.63, 3.8) is 0 Å². The van der Waals surface area contributed by atoms with Gasteiger partial charge in [0, 0.05) is 12.6 Å². The van der Waals surface area contributed by atoms with E-state index >= 15 is 0 Å². The number of nitrogens with two attached hydrogens (primary N) is 1. The number of hydrogen-bond acceptors (Lipinski definition) is 5. The summed E-state index contributed by atoms with van der Waals surface area (Å²) in [6.07, 6.45) is 1.52. The molecule has 0 aromatic heterocycles. The zero-order valence-corrected chi connectivity index (χ0v) is 11.6. The summed E-state index contributed by atoms with van der Waals surface area (Å²) in [6, 6.07) is 3.48. The highest BCUT2D eigenvalue weighted by Gasteiger charge is 2.22. The van der Waals surface area contributed by atoms with Gasteiger partial charge in [-0.25, -0.2) is 4.79 Å². The standard InChI is InChI=1S/C13H17N3O5/c1-2-3-6-15(8-12(14)17)11-7-9(13(18)19)4-5-10(11)16(20)21/h4-5,7H,2-3,6,8H2,1H3,(H2,14,17)(H,18,19). The van der Waals surface area contributed by atoms with Gasteiger partial charge in [-0.15, -0.1) is 0 Å². The largest absolute Gasteiger partial charge is 0.478 e. The summed E-state index contributed by atoms with van der Waals surface area (Å²) in [4.78, 5) is 34.1. The Hall–Kier alpha value is -2.64. The molecule has 0 fully saturated rings. The first-order valence-electron chi connectivity index (χ1n) is 6.41. The molecule has 21 heavy (non-hydrogen) atoms. The molecule has 0 atom stereocenters. The van der Waals surface area contributed by atoms with Gasteiger partial charge >= 0.3 is 5.97 Å². The minimum absolute atomic E-state index is 0.0819. The fourth-order valence-electron chi connectivity index (χ4n) is 1.89.